The topological polar surface area (TPSA) is 92.7 Å². The Morgan fingerprint density at radius 3 is 2.67 bits per heavy atom. The van der Waals surface area contributed by atoms with E-state index in [1.807, 2.05) is 0 Å². The predicted octanol–water partition coefficient (Wildman–Crippen LogP) is 1.29. The normalized spacial score (nSPS) is 22.4. The summed E-state index contributed by atoms with van der Waals surface area (Å²) >= 11 is 0. The van der Waals surface area contributed by atoms with Crippen molar-refractivity contribution in [2.45, 2.75) is 30.7 Å². The highest BCUT2D eigenvalue weighted by Crippen LogP contribution is 2.24. The zero-order valence-corrected chi connectivity index (χ0v) is 12.5. The monoisotopic (exact) mass is 317 g/mol. The van der Waals surface area contributed by atoms with Gasteiger partial charge in [0.1, 0.15) is 5.82 Å². The van der Waals surface area contributed by atoms with Gasteiger partial charge in [-0.1, -0.05) is 0 Å². The number of carbonyl (C=O) groups is 1. The molecule has 0 aromatic heterocycles. The number of carboxylic acid groups (broad SMARTS) is 1. The first-order valence-electron chi connectivity index (χ1n) is 6.30. The van der Waals surface area contributed by atoms with E-state index in [2.05, 4.69) is 4.72 Å². The summed E-state index contributed by atoms with van der Waals surface area (Å²) in [5, 5.41) is 8.94. The number of hydrogen-bond acceptors (Lipinski definition) is 4. The lowest BCUT2D eigenvalue weighted by molar-refractivity contribution is 0.0691. The third-order valence-corrected chi connectivity index (χ3v) is 4.99. The Kier molecular flexibility index (Phi) is 4.05. The Hall–Kier alpha value is -1.51. The van der Waals surface area contributed by atoms with Crippen molar-refractivity contribution >= 4 is 16.0 Å². The molecule has 1 unspecified atom stereocenters. The Bertz CT molecular complexity index is 680. The number of nitrogens with one attached hydrogen (secondary N) is 1. The van der Waals surface area contributed by atoms with Gasteiger partial charge in [0.25, 0.3) is 0 Å². The molecule has 0 aliphatic carbocycles. The van der Waals surface area contributed by atoms with E-state index < -0.39 is 32.9 Å². The largest absolute Gasteiger partial charge is 0.478 e. The van der Waals surface area contributed by atoms with E-state index in [0.717, 1.165) is 12.1 Å². The standard InChI is InChI=1S/C13H16FNO5S/c1-8-5-9(6-10(11(8)14)12(16)17)21(18,19)15-13(2)3-4-20-7-13/h5-6,15H,3-4,7H2,1-2H3,(H,16,17). The second-order valence-electron chi connectivity index (χ2n) is 5.38. The Morgan fingerprint density at radius 1 is 1.48 bits per heavy atom. The predicted molar refractivity (Wildman–Crippen MR) is 72.3 cm³/mol. The molecule has 2 N–H and O–H groups in total. The summed E-state index contributed by atoms with van der Waals surface area (Å²) in [6.45, 7) is 3.70. The number of sulfonamides is 1. The van der Waals surface area contributed by atoms with Crippen LogP contribution in [0.5, 0.6) is 0 Å². The number of halogens is 1. The van der Waals surface area contributed by atoms with Crippen LogP contribution in [-0.2, 0) is 14.8 Å². The highest BCUT2D eigenvalue weighted by molar-refractivity contribution is 7.89. The van der Waals surface area contributed by atoms with Crippen LogP contribution in [-0.4, -0.2) is 38.2 Å². The van der Waals surface area contributed by atoms with Crippen molar-refractivity contribution in [2.24, 2.45) is 0 Å². The molecule has 1 saturated heterocycles. The third kappa shape index (κ3) is 3.22. The molecule has 1 fully saturated rings. The molecule has 0 spiro atoms. The van der Waals surface area contributed by atoms with Crippen molar-refractivity contribution in [3.8, 4) is 0 Å². The molecule has 0 radical (unpaired) electrons. The fraction of sp³-hybridized carbons (Fsp3) is 0.462. The van der Waals surface area contributed by atoms with Crippen molar-refractivity contribution in [1.29, 1.82) is 0 Å². The van der Waals surface area contributed by atoms with Crippen molar-refractivity contribution in [3.05, 3.63) is 29.1 Å². The van der Waals surface area contributed by atoms with E-state index in [9.17, 15) is 17.6 Å². The number of ether oxygens (including phenoxy) is 1. The molecular formula is C13H16FNO5S. The van der Waals surface area contributed by atoms with Crippen molar-refractivity contribution in [2.75, 3.05) is 13.2 Å². The molecule has 2 rings (SSSR count). The van der Waals surface area contributed by atoms with Gasteiger partial charge in [0.15, 0.2) is 0 Å². The molecule has 1 atom stereocenters. The van der Waals surface area contributed by atoms with E-state index in [1.165, 1.54) is 6.92 Å². The lowest BCUT2D eigenvalue weighted by Gasteiger charge is -2.23. The second kappa shape index (κ2) is 5.36. The molecule has 1 aliphatic heterocycles. The molecular weight excluding hydrogens is 301 g/mol. The molecule has 1 aromatic carbocycles. The highest BCUT2D eigenvalue weighted by Gasteiger charge is 2.35. The first-order chi connectivity index (χ1) is 9.65. The minimum absolute atomic E-state index is 0.0388. The summed E-state index contributed by atoms with van der Waals surface area (Å²) in [7, 11) is -3.96. The van der Waals surface area contributed by atoms with E-state index in [4.69, 9.17) is 9.84 Å². The van der Waals surface area contributed by atoms with Gasteiger partial charge in [-0.3, -0.25) is 0 Å². The molecule has 1 aromatic rings. The van der Waals surface area contributed by atoms with Crippen LogP contribution in [0.25, 0.3) is 0 Å². The van der Waals surface area contributed by atoms with Gasteiger partial charge >= 0.3 is 5.97 Å². The fourth-order valence-electron chi connectivity index (χ4n) is 2.18. The SMILES string of the molecule is Cc1cc(S(=O)(=O)NC2(C)CCOC2)cc(C(=O)O)c1F. The van der Waals surface area contributed by atoms with Gasteiger partial charge in [0.05, 0.1) is 22.6 Å². The maximum atomic E-state index is 13.7. The molecule has 1 aliphatic rings. The summed E-state index contributed by atoms with van der Waals surface area (Å²) in [6, 6.07) is 1.94. The van der Waals surface area contributed by atoms with E-state index in [1.54, 1.807) is 6.92 Å². The van der Waals surface area contributed by atoms with E-state index >= 15 is 0 Å². The number of aryl methyl sites for hydroxylation is 1. The number of aromatic carboxylic acids is 1. The molecule has 1 heterocycles. The van der Waals surface area contributed by atoms with Crippen molar-refractivity contribution < 1.29 is 27.4 Å². The first kappa shape index (κ1) is 15.9. The van der Waals surface area contributed by atoms with Crippen molar-refractivity contribution in [1.82, 2.24) is 4.72 Å². The van der Waals surface area contributed by atoms with Gasteiger partial charge < -0.3 is 9.84 Å². The van der Waals surface area contributed by atoms with Crippen LogP contribution in [0.15, 0.2) is 17.0 Å². The van der Waals surface area contributed by atoms with Gasteiger partial charge in [-0.2, -0.15) is 0 Å². The summed E-state index contributed by atoms with van der Waals surface area (Å²) in [6.07, 6.45) is 0.512. The number of rotatable bonds is 4. The quantitative estimate of drug-likeness (QED) is 0.873. The minimum Gasteiger partial charge on any atom is -0.478 e. The van der Waals surface area contributed by atoms with Gasteiger partial charge in [-0.15, -0.1) is 0 Å². The Labute approximate surface area is 122 Å². The molecule has 0 saturated carbocycles. The maximum Gasteiger partial charge on any atom is 0.338 e. The summed E-state index contributed by atoms with van der Waals surface area (Å²) in [5.41, 5.74) is -1.45. The zero-order valence-electron chi connectivity index (χ0n) is 11.6. The summed E-state index contributed by atoms with van der Waals surface area (Å²) in [5.74, 6) is -2.44. The van der Waals surface area contributed by atoms with Gasteiger partial charge in [-0.25, -0.2) is 22.3 Å². The minimum atomic E-state index is -3.96. The molecule has 0 amide bonds. The average molecular weight is 317 g/mol. The van der Waals surface area contributed by atoms with Crippen LogP contribution < -0.4 is 4.72 Å². The second-order valence-corrected chi connectivity index (χ2v) is 7.06. The van der Waals surface area contributed by atoms with Gasteiger partial charge in [-0.05, 0) is 38.0 Å². The molecule has 6 nitrogen and oxygen atoms in total. The van der Waals surface area contributed by atoms with Crippen LogP contribution in [0.1, 0.15) is 29.3 Å². The third-order valence-electron chi connectivity index (χ3n) is 3.37. The average Bonchev–Trinajstić information content (AvgIpc) is 2.77. The lowest BCUT2D eigenvalue weighted by atomic mass is 10.0. The van der Waals surface area contributed by atoms with Crippen LogP contribution >= 0.6 is 0 Å². The number of benzene rings is 1. The number of hydrogen-bond donors (Lipinski definition) is 2. The van der Waals surface area contributed by atoms with Crippen LogP contribution in [0.3, 0.4) is 0 Å². The first-order valence-corrected chi connectivity index (χ1v) is 7.78. The smallest absolute Gasteiger partial charge is 0.338 e. The molecule has 0 bridgehead atoms. The Balaban J connectivity index is 2.43. The molecule has 116 valence electrons. The van der Waals surface area contributed by atoms with Gasteiger partial charge in [0.2, 0.25) is 10.0 Å². The lowest BCUT2D eigenvalue weighted by Crippen LogP contribution is -2.46. The zero-order chi connectivity index (χ0) is 15.8. The number of carboxylic acids is 1. The molecule has 21 heavy (non-hydrogen) atoms. The van der Waals surface area contributed by atoms with E-state index in [0.29, 0.717) is 13.0 Å². The summed E-state index contributed by atoms with van der Waals surface area (Å²) in [4.78, 5) is 10.7. The Morgan fingerprint density at radius 2 is 2.14 bits per heavy atom. The van der Waals surface area contributed by atoms with Gasteiger partial charge in [0, 0.05) is 6.61 Å². The summed E-state index contributed by atoms with van der Waals surface area (Å²) < 4.78 is 46.0. The fourth-order valence-corrected chi connectivity index (χ4v) is 3.71. The van der Waals surface area contributed by atoms with Crippen molar-refractivity contribution in [3.63, 3.8) is 0 Å². The van der Waals surface area contributed by atoms with Crippen LogP contribution in [0.4, 0.5) is 4.39 Å². The highest BCUT2D eigenvalue weighted by atomic mass is 32.2. The van der Waals surface area contributed by atoms with E-state index in [-0.39, 0.29) is 17.1 Å². The maximum absolute atomic E-state index is 13.7. The van der Waals surface area contributed by atoms with Crippen LogP contribution in [0.2, 0.25) is 0 Å². The van der Waals surface area contributed by atoms with Crippen LogP contribution in [0, 0.1) is 12.7 Å². The molecule has 8 heteroatoms.